The Hall–Kier alpha value is -0.900. The van der Waals surface area contributed by atoms with Gasteiger partial charge < -0.3 is 5.11 Å². The second-order valence-corrected chi connectivity index (χ2v) is 6.40. The van der Waals surface area contributed by atoms with E-state index in [4.69, 9.17) is 0 Å². The summed E-state index contributed by atoms with van der Waals surface area (Å²) >= 11 is 0. The number of hydrogen-bond acceptors (Lipinski definition) is 3. The van der Waals surface area contributed by atoms with Crippen LogP contribution in [0.5, 0.6) is 0 Å². The molecule has 3 rings (SSSR count). The van der Waals surface area contributed by atoms with E-state index in [1.54, 1.807) is 0 Å². The molecule has 2 aliphatic carbocycles. The van der Waals surface area contributed by atoms with Crippen LogP contribution in [0.25, 0.3) is 0 Å². The summed E-state index contributed by atoms with van der Waals surface area (Å²) in [6.07, 6.45) is 7.81. The number of aliphatic hydroxyl groups is 1. The van der Waals surface area contributed by atoms with E-state index in [2.05, 4.69) is 0 Å². The molecular formula is C15H23NO3. The van der Waals surface area contributed by atoms with Gasteiger partial charge in [0.15, 0.2) is 0 Å². The Kier molecular flexibility index (Phi) is 3.61. The standard InChI is InChI=1S/C15H23NO3/c17-13(10-5-2-1-3-6-10)9-16-14(18)11-7-4-8-12(11)15(16)19/h10-13,17H,1-9H2. The Morgan fingerprint density at radius 2 is 1.53 bits per heavy atom. The Labute approximate surface area is 114 Å². The molecule has 0 aromatic rings. The first-order valence-corrected chi connectivity index (χ1v) is 7.72. The molecule has 0 radical (unpaired) electrons. The predicted molar refractivity (Wildman–Crippen MR) is 70.1 cm³/mol. The first kappa shape index (κ1) is 13.1. The van der Waals surface area contributed by atoms with Gasteiger partial charge in [-0.15, -0.1) is 0 Å². The van der Waals surface area contributed by atoms with Gasteiger partial charge in [0.2, 0.25) is 11.8 Å². The molecule has 0 bridgehead atoms. The van der Waals surface area contributed by atoms with Crippen LogP contribution in [0, 0.1) is 17.8 Å². The fourth-order valence-electron chi connectivity index (χ4n) is 4.10. The molecule has 4 nitrogen and oxygen atoms in total. The third-order valence-electron chi connectivity index (χ3n) is 5.25. The van der Waals surface area contributed by atoms with E-state index in [-0.39, 0.29) is 36.1 Å². The van der Waals surface area contributed by atoms with E-state index in [1.165, 1.54) is 11.3 Å². The molecule has 3 atom stereocenters. The van der Waals surface area contributed by atoms with Crippen molar-refractivity contribution in [1.82, 2.24) is 4.90 Å². The highest BCUT2D eigenvalue weighted by molar-refractivity contribution is 6.05. The minimum Gasteiger partial charge on any atom is -0.391 e. The summed E-state index contributed by atoms with van der Waals surface area (Å²) in [4.78, 5) is 25.8. The lowest BCUT2D eigenvalue weighted by molar-refractivity contribution is -0.142. The van der Waals surface area contributed by atoms with Crippen molar-refractivity contribution in [1.29, 1.82) is 0 Å². The molecular weight excluding hydrogens is 242 g/mol. The average molecular weight is 265 g/mol. The first-order chi connectivity index (χ1) is 9.18. The summed E-state index contributed by atoms with van der Waals surface area (Å²) < 4.78 is 0. The summed E-state index contributed by atoms with van der Waals surface area (Å²) in [6, 6.07) is 0. The smallest absolute Gasteiger partial charge is 0.233 e. The zero-order valence-corrected chi connectivity index (χ0v) is 11.4. The van der Waals surface area contributed by atoms with Crippen LogP contribution in [0.2, 0.25) is 0 Å². The molecule has 19 heavy (non-hydrogen) atoms. The van der Waals surface area contributed by atoms with Gasteiger partial charge in [0, 0.05) is 0 Å². The van der Waals surface area contributed by atoms with E-state index in [9.17, 15) is 14.7 Å². The summed E-state index contributed by atoms with van der Waals surface area (Å²) in [5.41, 5.74) is 0. The van der Waals surface area contributed by atoms with Crippen molar-refractivity contribution in [2.45, 2.75) is 57.5 Å². The largest absolute Gasteiger partial charge is 0.391 e. The van der Waals surface area contributed by atoms with Crippen molar-refractivity contribution in [3.05, 3.63) is 0 Å². The zero-order valence-electron chi connectivity index (χ0n) is 11.4. The van der Waals surface area contributed by atoms with E-state index in [0.717, 1.165) is 44.9 Å². The fourth-order valence-corrected chi connectivity index (χ4v) is 4.10. The third-order valence-corrected chi connectivity index (χ3v) is 5.25. The second kappa shape index (κ2) is 5.23. The summed E-state index contributed by atoms with van der Waals surface area (Å²) in [7, 11) is 0. The van der Waals surface area contributed by atoms with Crippen LogP contribution in [0.1, 0.15) is 51.4 Å². The van der Waals surface area contributed by atoms with Crippen LogP contribution >= 0.6 is 0 Å². The van der Waals surface area contributed by atoms with E-state index in [1.807, 2.05) is 0 Å². The van der Waals surface area contributed by atoms with Crippen LogP contribution in [0.4, 0.5) is 0 Å². The SMILES string of the molecule is O=C1C2CCCC2C(=O)N1CC(O)C1CCCCC1. The number of β-amino-alcohol motifs (C(OH)–C–C–N with tert-alkyl or cyclic N) is 1. The normalized spacial score (nSPS) is 33.8. The van der Waals surface area contributed by atoms with E-state index in [0.29, 0.717) is 0 Å². The molecule has 1 saturated heterocycles. The fraction of sp³-hybridized carbons (Fsp3) is 0.867. The molecule has 3 fully saturated rings. The number of carbonyl (C=O) groups excluding carboxylic acids is 2. The lowest BCUT2D eigenvalue weighted by atomic mass is 9.85. The molecule has 0 spiro atoms. The van der Waals surface area contributed by atoms with Crippen LogP contribution in [-0.2, 0) is 9.59 Å². The van der Waals surface area contributed by atoms with Crippen molar-refractivity contribution in [2.75, 3.05) is 6.54 Å². The molecule has 0 aromatic carbocycles. The summed E-state index contributed by atoms with van der Waals surface area (Å²) in [5, 5.41) is 10.3. The van der Waals surface area contributed by atoms with E-state index < -0.39 is 6.10 Å². The van der Waals surface area contributed by atoms with Crippen LogP contribution in [0.3, 0.4) is 0 Å². The Morgan fingerprint density at radius 1 is 0.947 bits per heavy atom. The highest BCUT2D eigenvalue weighted by Gasteiger charge is 2.50. The Bertz CT molecular complexity index is 354. The maximum atomic E-state index is 12.2. The minimum absolute atomic E-state index is 0.0256. The number of amides is 2. The summed E-state index contributed by atoms with van der Waals surface area (Å²) in [6.45, 7) is 0.231. The van der Waals surface area contributed by atoms with Gasteiger partial charge in [0.05, 0.1) is 24.5 Å². The van der Waals surface area contributed by atoms with Gasteiger partial charge in [-0.25, -0.2) is 0 Å². The molecule has 106 valence electrons. The van der Waals surface area contributed by atoms with Gasteiger partial charge in [-0.2, -0.15) is 0 Å². The molecule has 3 unspecified atom stereocenters. The van der Waals surface area contributed by atoms with Crippen LogP contribution in [-0.4, -0.2) is 34.5 Å². The lowest BCUT2D eigenvalue weighted by Crippen LogP contribution is -2.41. The van der Waals surface area contributed by atoms with E-state index >= 15 is 0 Å². The van der Waals surface area contributed by atoms with Gasteiger partial charge >= 0.3 is 0 Å². The molecule has 1 heterocycles. The number of nitrogens with zero attached hydrogens (tertiary/aromatic N) is 1. The van der Waals surface area contributed by atoms with Crippen LogP contribution in [0.15, 0.2) is 0 Å². The zero-order chi connectivity index (χ0) is 13.4. The molecule has 1 N–H and O–H groups in total. The number of aliphatic hydroxyl groups excluding tert-OH is 1. The highest BCUT2D eigenvalue weighted by Crippen LogP contribution is 2.40. The third kappa shape index (κ3) is 2.31. The van der Waals surface area contributed by atoms with Crippen molar-refractivity contribution >= 4 is 11.8 Å². The first-order valence-electron chi connectivity index (χ1n) is 7.72. The highest BCUT2D eigenvalue weighted by atomic mass is 16.3. The van der Waals surface area contributed by atoms with Crippen molar-refractivity contribution in [2.24, 2.45) is 17.8 Å². The lowest BCUT2D eigenvalue weighted by Gasteiger charge is -2.29. The van der Waals surface area contributed by atoms with Gasteiger partial charge in [-0.05, 0) is 31.6 Å². The Morgan fingerprint density at radius 3 is 2.11 bits per heavy atom. The van der Waals surface area contributed by atoms with Gasteiger partial charge in [-0.1, -0.05) is 25.7 Å². The topological polar surface area (TPSA) is 57.6 Å². The molecule has 2 amide bonds. The number of rotatable bonds is 3. The maximum absolute atomic E-state index is 12.2. The summed E-state index contributed by atoms with van der Waals surface area (Å²) in [5.74, 6) is 0.0663. The number of carbonyl (C=O) groups is 2. The minimum atomic E-state index is -0.521. The predicted octanol–water partition coefficient (Wildman–Crippen LogP) is 1.71. The quantitative estimate of drug-likeness (QED) is 0.790. The number of likely N-dealkylation sites (tertiary alicyclic amines) is 1. The number of imide groups is 1. The molecule has 3 aliphatic rings. The van der Waals surface area contributed by atoms with Gasteiger partial charge in [0.25, 0.3) is 0 Å². The van der Waals surface area contributed by atoms with Crippen molar-refractivity contribution in [3.63, 3.8) is 0 Å². The molecule has 0 aromatic heterocycles. The van der Waals surface area contributed by atoms with Gasteiger partial charge in [-0.3, -0.25) is 14.5 Å². The van der Waals surface area contributed by atoms with Gasteiger partial charge in [0.1, 0.15) is 0 Å². The molecule has 4 heteroatoms. The molecule has 1 aliphatic heterocycles. The molecule has 2 saturated carbocycles. The number of fused-ring (bicyclic) bond motifs is 1. The van der Waals surface area contributed by atoms with Crippen molar-refractivity contribution in [3.8, 4) is 0 Å². The Balaban J connectivity index is 1.63. The monoisotopic (exact) mass is 265 g/mol. The average Bonchev–Trinajstić information content (AvgIpc) is 3.00. The van der Waals surface area contributed by atoms with Crippen molar-refractivity contribution < 1.29 is 14.7 Å². The number of hydrogen-bond donors (Lipinski definition) is 1. The maximum Gasteiger partial charge on any atom is 0.233 e. The second-order valence-electron chi connectivity index (χ2n) is 6.40. The van der Waals surface area contributed by atoms with Crippen LogP contribution < -0.4 is 0 Å².